The van der Waals surface area contributed by atoms with Gasteiger partial charge in [-0.3, -0.25) is 0 Å². The van der Waals surface area contributed by atoms with Crippen LogP contribution in [0.15, 0.2) is 0 Å². The normalized spacial score (nSPS) is 22.9. The molecule has 0 aromatic heterocycles. The molecule has 0 saturated heterocycles. The summed E-state index contributed by atoms with van der Waals surface area (Å²) in [7, 11) is -1.71. The Morgan fingerprint density at radius 3 is 1.89 bits per heavy atom. The molecule has 0 aromatic rings. The molecule has 9 heavy (non-hydrogen) atoms. The number of hydrogen-bond donors (Lipinski definition) is 0. The molecule has 0 unspecified atom stereocenters. The highest BCUT2D eigenvalue weighted by Crippen LogP contribution is 2.49. The molecule has 1 fully saturated rings. The Hall–Kier alpha value is 0.230. The molecule has 1 rings (SSSR count). The lowest BCUT2D eigenvalue weighted by Gasteiger charge is -2.13. The summed E-state index contributed by atoms with van der Waals surface area (Å²) in [5.74, 6) is 0. The molecule has 0 heterocycles. The lowest BCUT2D eigenvalue weighted by Crippen LogP contribution is -1.99. The van der Waals surface area contributed by atoms with Crippen LogP contribution in [0.1, 0.15) is 25.7 Å². The molecule has 2 heteroatoms. The predicted octanol–water partition coefficient (Wildman–Crippen LogP) is 2.55. The Morgan fingerprint density at radius 1 is 1.22 bits per heavy atom. The zero-order valence-corrected chi connectivity index (χ0v) is 7.16. The van der Waals surface area contributed by atoms with Gasteiger partial charge in [-0.05, 0) is 26.2 Å². The van der Waals surface area contributed by atoms with E-state index in [0.29, 0.717) is 5.66 Å². The predicted molar refractivity (Wildman–Crippen MR) is 41.7 cm³/mol. The van der Waals surface area contributed by atoms with E-state index in [2.05, 4.69) is 0 Å². The summed E-state index contributed by atoms with van der Waals surface area (Å²) in [5.41, 5.74) is 0.567. The van der Waals surface area contributed by atoms with Gasteiger partial charge in [0.25, 0.3) is 0 Å². The molecule has 0 atom stereocenters. The van der Waals surface area contributed by atoms with Crippen LogP contribution in [0.25, 0.3) is 0 Å². The van der Waals surface area contributed by atoms with Crippen LogP contribution in [0.3, 0.4) is 0 Å². The van der Waals surface area contributed by atoms with Crippen LogP contribution in [0, 0.1) is 0 Å². The van der Waals surface area contributed by atoms with Crippen molar-refractivity contribution in [1.29, 1.82) is 0 Å². The fourth-order valence-corrected chi connectivity index (χ4v) is 3.13. The van der Waals surface area contributed by atoms with E-state index in [1.807, 2.05) is 13.3 Å². The van der Waals surface area contributed by atoms with E-state index < -0.39 is 7.14 Å². The first-order valence-corrected chi connectivity index (χ1v) is 6.32. The Kier molecular flexibility index (Phi) is 2.00. The van der Waals surface area contributed by atoms with Crippen molar-refractivity contribution >= 4 is 7.14 Å². The van der Waals surface area contributed by atoms with E-state index in [9.17, 15) is 4.57 Å². The van der Waals surface area contributed by atoms with E-state index >= 15 is 0 Å². The lowest BCUT2D eigenvalue weighted by molar-refractivity contribution is 0.571. The average molecular weight is 146 g/mol. The first-order valence-electron chi connectivity index (χ1n) is 3.65. The standard InChI is InChI=1S/C7H15OP/c1-9(2,8)7-5-3-4-6-7/h7H,3-6H2,1-2H3. The molecule has 0 aliphatic heterocycles. The van der Waals surface area contributed by atoms with E-state index in [1.54, 1.807) is 0 Å². The van der Waals surface area contributed by atoms with Gasteiger partial charge in [0.05, 0.1) is 7.14 Å². The molecule has 1 nitrogen and oxygen atoms in total. The van der Waals surface area contributed by atoms with Crippen LogP contribution in [-0.2, 0) is 4.57 Å². The first kappa shape index (κ1) is 7.34. The Balaban J connectivity index is 2.52. The van der Waals surface area contributed by atoms with E-state index in [1.165, 1.54) is 25.7 Å². The van der Waals surface area contributed by atoms with Gasteiger partial charge in [0.2, 0.25) is 0 Å². The van der Waals surface area contributed by atoms with Crippen LogP contribution < -0.4 is 0 Å². The zero-order valence-electron chi connectivity index (χ0n) is 6.26. The summed E-state index contributed by atoms with van der Waals surface area (Å²) in [6, 6.07) is 0. The minimum Gasteiger partial charge on any atom is -0.324 e. The van der Waals surface area contributed by atoms with Gasteiger partial charge >= 0.3 is 0 Å². The summed E-state index contributed by atoms with van der Waals surface area (Å²) in [5, 5.41) is 0. The fraction of sp³-hybridized carbons (Fsp3) is 1.00. The second kappa shape index (κ2) is 2.46. The topological polar surface area (TPSA) is 17.1 Å². The van der Waals surface area contributed by atoms with Crippen LogP contribution in [-0.4, -0.2) is 19.0 Å². The summed E-state index contributed by atoms with van der Waals surface area (Å²) in [6.45, 7) is 3.84. The molecule has 0 amide bonds. The van der Waals surface area contributed by atoms with Crippen molar-refractivity contribution in [2.24, 2.45) is 0 Å². The van der Waals surface area contributed by atoms with Crippen LogP contribution in [0.5, 0.6) is 0 Å². The van der Waals surface area contributed by atoms with Gasteiger partial charge in [0, 0.05) is 5.66 Å². The second-order valence-corrected chi connectivity index (χ2v) is 6.97. The SMILES string of the molecule is CP(C)(=O)C1CCCC1. The average Bonchev–Trinajstić information content (AvgIpc) is 2.08. The monoisotopic (exact) mass is 146 g/mol. The van der Waals surface area contributed by atoms with Crippen molar-refractivity contribution in [3.63, 3.8) is 0 Å². The van der Waals surface area contributed by atoms with Gasteiger partial charge in [-0.15, -0.1) is 0 Å². The molecule has 1 aliphatic carbocycles. The van der Waals surface area contributed by atoms with Crippen LogP contribution in [0.4, 0.5) is 0 Å². The van der Waals surface area contributed by atoms with Crippen molar-refractivity contribution in [2.45, 2.75) is 31.3 Å². The maximum Gasteiger partial charge on any atom is 0.0848 e. The second-order valence-electron chi connectivity index (χ2n) is 3.37. The Labute approximate surface area is 57.2 Å². The Morgan fingerprint density at radius 2 is 1.67 bits per heavy atom. The van der Waals surface area contributed by atoms with Gasteiger partial charge in [0.15, 0.2) is 0 Å². The van der Waals surface area contributed by atoms with E-state index in [-0.39, 0.29) is 0 Å². The molecule has 1 saturated carbocycles. The van der Waals surface area contributed by atoms with E-state index in [0.717, 1.165) is 0 Å². The van der Waals surface area contributed by atoms with Gasteiger partial charge in [-0.1, -0.05) is 12.8 Å². The molecule has 1 aliphatic rings. The summed E-state index contributed by atoms with van der Waals surface area (Å²) < 4.78 is 11.4. The van der Waals surface area contributed by atoms with Gasteiger partial charge in [-0.25, -0.2) is 0 Å². The summed E-state index contributed by atoms with van der Waals surface area (Å²) in [4.78, 5) is 0. The third kappa shape index (κ3) is 1.82. The number of rotatable bonds is 1. The van der Waals surface area contributed by atoms with E-state index in [4.69, 9.17) is 0 Å². The smallest absolute Gasteiger partial charge is 0.0848 e. The lowest BCUT2D eigenvalue weighted by atomic mass is 10.4. The molecule has 0 aromatic carbocycles. The van der Waals surface area contributed by atoms with Crippen molar-refractivity contribution in [2.75, 3.05) is 13.3 Å². The maximum absolute atomic E-state index is 11.4. The summed E-state index contributed by atoms with van der Waals surface area (Å²) >= 11 is 0. The minimum atomic E-state index is -1.71. The quantitative estimate of drug-likeness (QED) is 0.519. The molecule has 0 radical (unpaired) electrons. The highest BCUT2D eigenvalue weighted by molar-refractivity contribution is 7.63. The zero-order chi connectivity index (χ0) is 6.91. The highest BCUT2D eigenvalue weighted by atomic mass is 31.2. The largest absolute Gasteiger partial charge is 0.324 e. The molecule has 0 bridgehead atoms. The molecular weight excluding hydrogens is 131 g/mol. The van der Waals surface area contributed by atoms with Gasteiger partial charge in [0.1, 0.15) is 0 Å². The third-order valence-electron chi connectivity index (χ3n) is 2.20. The fourth-order valence-electron chi connectivity index (χ4n) is 1.53. The number of hydrogen-bond acceptors (Lipinski definition) is 1. The van der Waals surface area contributed by atoms with Crippen molar-refractivity contribution in [3.05, 3.63) is 0 Å². The maximum atomic E-state index is 11.4. The van der Waals surface area contributed by atoms with Crippen molar-refractivity contribution in [1.82, 2.24) is 0 Å². The molecule has 54 valence electrons. The summed E-state index contributed by atoms with van der Waals surface area (Å²) in [6.07, 6.45) is 5.03. The highest BCUT2D eigenvalue weighted by Gasteiger charge is 2.25. The molecule has 0 spiro atoms. The minimum absolute atomic E-state index is 0.567. The third-order valence-corrected chi connectivity index (χ3v) is 4.48. The van der Waals surface area contributed by atoms with Gasteiger partial charge in [-0.2, -0.15) is 0 Å². The van der Waals surface area contributed by atoms with Crippen molar-refractivity contribution in [3.8, 4) is 0 Å². The van der Waals surface area contributed by atoms with Crippen LogP contribution in [0.2, 0.25) is 0 Å². The van der Waals surface area contributed by atoms with Crippen molar-refractivity contribution < 1.29 is 4.57 Å². The molecule has 0 N–H and O–H groups in total. The Bertz CT molecular complexity index is 130. The van der Waals surface area contributed by atoms with Gasteiger partial charge < -0.3 is 4.57 Å². The first-order chi connectivity index (χ1) is 4.11. The van der Waals surface area contributed by atoms with Crippen LogP contribution >= 0.6 is 7.14 Å². The molecular formula is C7H15OP.